The number of hydrogen-bond acceptors (Lipinski definition) is 1. The summed E-state index contributed by atoms with van der Waals surface area (Å²) in [5.74, 6) is -0.118. The number of Topliss-reactive ketones (excluding diaryl/α,β-unsaturated/α-hetero) is 1. The molecule has 0 unspecified atom stereocenters. The molecular formula is C13H15FO. The maximum atomic E-state index is 14.0. The predicted molar refractivity (Wildman–Crippen MR) is 57.4 cm³/mol. The first kappa shape index (κ1) is 10.3. The van der Waals surface area contributed by atoms with E-state index < -0.39 is 0 Å². The molecule has 1 aromatic rings. The van der Waals surface area contributed by atoms with E-state index in [4.69, 9.17) is 0 Å². The molecule has 0 spiro atoms. The highest BCUT2D eigenvalue weighted by molar-refractivity contribution is 5.78. The van der Waals surface area contributed by atoms with Crippen LogP contribution in [0.1, 0.15) is 36.5 Å². The van der Waals surface area contributed by atoms with Crippen LogP contribution in [0, 0.1) is 5.82 Å². The van der Waals surface area contributed by atoms with Crippen LogP contribution in [0.5, 0.6) is 0 Å². The molecule has 1 nitrogen and oxygen atoms in total. The van der Waals surface area contributed by atoms with Crippen LogP contribution in [-0.4, -0.2) is 5.78 Å². The number of rotatable bonds is 2. The van der Waals surface area contributed by atoms with Gasteiger partial charge >= 0.3 is 0 Å². The van der Waals surface area contributed by atoms with E-state index in [0.29, 0.717) is 5.56 Å². The van der Waals surface area contributed by atoms with Crippen molar-refractivity contribution in [3.63, 3.8) is 0 Å². The minimum absolute atomic E-state index is 0.0182. The van der Waals surface area contributed by atoms with Crippen LogP contribution in [-0.2, 0) is 24.1 Å². The third-order valence-corrected chi connectivity index (χ3v) is 2.98. The maximum absolute atomic E-state index is 14.0. The molecular weight excluding hydrogens is 191 g/mol. The first-order valence-electron chi connectivity index (χ1n) is 5.47. The Morgan fingerprint density at radius 2 is 2.07 bits per heavy atom. The second-order valence-corrected chi connectivity index (χ2v) is 4.26. The Morgan fingerprint density at radius 3 is 2.80 bits per heavy atom. The van der Waals surface area contributed by atoms with E-state index in [1.165, 1.54) is 6.92 Å². The maximum Gasteiger partial charge on any atom is 0.134 e. The molecule has 15 heavy (non-hydrogen) atoms. The van der Waals surface area contributed by atoms with E-state index in [1.807, 2.05) is 6.07 Å². The number of carbonyl (C=O) groups is 1. The van der Waals surface area contributed by atoms with E-state index in [1.54, 1.807) is 6.07 Å². The lowest BCUT2D eigenvalue weighted by atomic mass is 9.89. The first-order valence-corrected chi connectivity index (χ1v) is 5.47. The van der Waals surface area contributed by atoms with Gasteiger partial charge in [-0.3, -0.25) is 4.79 Å². The molecule has 0 N–H and O–H groups in total. The Bertz CT molecular complexity index is 396. The molecule has 0 fully saturated rings. The van der Waals surface area contributed by atoms with Gasteiger partial charge in [0.1, 0.15) is 11.6 Å². The Labute approximate surface area is 89.3 Å². The molecule has 80 valence electrons. The van der Waals surface area contributed by atoms with Crippen molar-refractivity contribution in [3.05, 3.63) is 34.6 Å². The average molecular weight is 206 g/mol. The van der Waals surface area contributed by atoms with Crippen molar-refractivity contribution in [3.8, 4) is 0 Å². The molecule has 1 aliphatic carbocycles. The standard InChI is InChI=1S/C13H15FO/c1-9(15)8-11-7-6-10-4-2-3-5-12(10)13(11)14/h6-7H,2-5,8H2,1H3. The van der Waals surface area contributed by atoms with Crippen LogP contribution in [0.4, 0.5) is 4.39 Å². The molecule has 0 bridgehead atoms. The molecule has 0 aromatic heterocycles. The predicted octanol–water partition coefficient (Wildman–Crippen LogP) is 2.84. The summed E-state index contributed by atoms with van der Waals surface area (Å²) in [5, 5.41) is 0. The number of benzene rings is 1. The van der Waals surface area contributed by atoms with Crippen molar-refractivity contribution in [2.45, 2.75) is 39.0 Å². The number of hydrogen-bond donors (Lipinski definition) is 0. The minimum Gasteiger partial charge on any atom is -0.300 e. The third kappa shape index (κ3) is 2.09. The van der Waals surface area contributed by atoms with Gasteiger partial charge in [0.15, 0.2) is 0 Å². The summed E-state index contributed by atoms with van der Waals surface area (Å²) in [6, 6.07) is 3.75. The fraction of sp³-hybridized carbons (Fsp3) is 0.462. The van der Waals surface area contributed by atoms with E-state index >= 15 is 0 Å². The van der Waals surface area contributed by atoms with Gasteiger partial charge in [-0.2, -0.15) is 0 Å². The molecule has 0 atom stereocenters. The van der Waals surface area contributed by atoms with Crippen LogP contribution in [0.2, 0.25) is 0 Å². The highest BCUT2D eigenvalue weighted by atomic mass is 19.1. The summed E-state index contributed by atoms with van der Waals surface area (Å²) in [4.78, 5) is 11.0. The lowest BCUT2D eigenvalue weighted by molar-refractivity contribution is -0.116. The van der Waals surface area contributed by atoms with E-state index in [2.05, 4.69) is 0 Å². The molecule has 1 aliphatic rings. The summed E-state index contributed by atoms with van der Waals surface area (Å²) in [5.41, 5.74) is 2.54. The van der Waals surface area contributed by atoms with Gasteiger partial charge in [0.05, 0.1) is 0 Å². The average Bonchev–Trinajstić information content (AvgIpc) is 2.22. The Hall–Kier alpha value is -1.18. The SMILES string of the molecule is CC(=O)Cc1ccc2c(c1F)CCCC2. The molecule has 2 heteroatoms. The first-order chi connectivity index (χ1) is 7.18. The van der Waals surface area contributed by atoms with Gasteiger partial charge in [0.25, 0.3) is 0 Å². The third-order valence-electron chi connectivity index (χ3n) is 2.98. The van der Waals surface area contributed by atoms with Crippen LogP contribution >= 0.6 is 0 Å². The number of fused-ring (bicyclic) bond motifs is 1. The minimum atomic E-state index is -0.137. The summed E-state index contributed by atoms with van der Waals surface area (Å²) < 4.78 is 14.0. The van der Waals surface area contributed by atoms with Crippen molar-refractivity contribution in [1.29, 1.82) is 0 Å². The van der Waals surface area contributed by atoms with Gasteiger partial charge in [0, 0.05) is 6.42 Å². The molecule has 1 aromatic carbocycles. The van der Waals surface area contributed by atoms with E-state index in [-0.39, 0.29) is 18.0 Å². The highest BCUT2D eigenvalue weighted by Gasteiger charge is 2.16. The number of carbonyl (C=O) groups excluding carboxylic acids is 1. The molecule has 0 saturated carbocycles. The van der Waals surface area contributed by atoms with Crippen LogP contribution in [0.25, 0.3) is 0 Å². The lowest BCUT2D eigenvalue weighted by Gasteiger charge is -2.17. The van der Waals surface area contributed by atoms with E-state index in [9.17, 15) is 9.18 Å². The van der Waals surface area contributed by atoms with Crippen molar-refractivity contribution in [1.82, 2.24) is 0 Å². The van der Waals surface area contributed by atoms with Gasteiger partial charge < -0.3 is 0 Å². The van der Waals surface area contributed by atoms with Gasteiger partial charge in [0.2, 0.25) is 0 Å². The summed E-state index contributed by atoms with van der Waals surface area (Å²) in [6.07, 6.45) is 4.24. The largest absolute Gasteiger partial charge is 0.300 e. The van der Waals surface area contributed by atoms with Crippen molar-refractivity contribution in [2.24, 2.45) is 0 Å². The zero-order chi connectivity index (χ0) is 10.8. The molecule has 0 aliphatic heterocycles. The smallest absolute Gasteiger partial charge is 0.134 e. The van der Waals surface area contributed by atoms with Crippen molar-refractivity contribution in [2.75, 3.05) is 0 Å². The van der Waals surface area contributed by atoms with Crippen LogP contribution < -0.4 is 0 Å². The number of aryl methyl sites for hydroxylation is 1. The Kier molecular flexibility index (Phi) is 2.85. The highest BCUT2D eigenvalue weighted by Crippen LogP contribution is 2.26. The zero-order valence-corrected chi connectivity index (χ0v) is 8.98. The second kappa shape index (κ2) is 4.13. The fourth-order valence-corrected chi connectivity index (χ4v) is 2.24. The normalized spacial score (nSPS) is 14.8. The summed E-state index contributed by atoms with van der Waals surface area (Å²) >= 11 is 0. The molecule has 0 heterocycles. The molecule has 0 saturated heterocycles. The second-order valence-electron chi connectivity index (χ2n) is 4.26. The lowest BCUT2D eigenvalue weighted by Crippen LogP contribution is -2.09. The van der Waals surface area contributed by atoms with Crippen LogP contribution in [0.15, 0.2) is 12.1 Å². The van der Waals surface area contributed by atoms with Crippen molar-refractivity contribution < 1.29 is 9.18 Å². The number of ketones is 1. The van der Waals surface area contributed by atoms with Gasteiger partial charge in [-0.1, -0.05) is 12.1 Å². The summed E-state index contributed by atoms with van der Waals surface area (Å²) in [6.45, 7) is 1.50. The quantitative estimate of drug-likeness (QED) is 0.727. The zero-order valence-electron chi connectivity index (χ0n) is 8.98. The monoisotopic (exact) mass is 206 g/mol. The molecule has 0 amide bonds. The Balaban J connectivity index is 2.38. The van der Waals surface area contributed by atoms with E-state index in [0.717, 1.165) is 36.8 Å². The topological polar surface area (TPSA) is 17.1 Å². The fourth-order valence-electron chi connectivity index (χ4n) is 2.24. The summed E-state index contributed by atoms with van der Waals surface area (Å²) in [7, 11) is 0. The van der Waals surface area contributed by atoms with Gasteiger partial charge in [-0.25, -0.2) is 4.39 Å². The van der Waals surface area contributed by atoms with Gasteiger partial charge in [-0.15, -0.1) is 0 Å². The molecule has 0 radical (unpaired) electrons. The number of halogens is 1. The van der Waals surface area contributed by atoms with Crippen molar-refractivity contribution >= 4 is 5.78 Å². The Morgan fingerprint density at radius 1 is 1.33 bits per heavy atom. The van der Waals surface area contributed by atoms with Gasteiger partial charge in [-0.05, 0) is 49.3 Å². The molecule has 2 rings (SSSR count). The van der Waals surface area contributed by atoms with Crippen LogP contribution in [0.3, 0.4) is 0 Å².